The first-order valence-corrected chi connectivity index (χ1v) is 19.0. The van der Waals surface area contributed by atoms with Crippen molar-refractivity contribution in [2.75, 3.05) is 0 Å². The number of hydrogen-bond acceptors (Lipinski definition) is 1. The summed E-state index contributed by atoms with van der Waals surface area (Å²) in [5, 5.41) is 0. The molecule has 0 saturated carbocycles. The Morgan fingerprint density at radius 2 is 0.636 bits per heavy atom. The molecule has 0 saturated heterocycles. The molecule has 1 spiro atoms. The summed E-state index contributed by atoms with van der Waals surface area (Å²) in [4.78, 5) is 5.62. The molecule has 0 bridgehead atoms. The third-order valence-corrected chi connectivity index (χ3v) is 11.7. The first kappa shape index (κ1) is 31.4. The Bertz CT molecular complexity index is 2800. The van der Waals surface area contributed by atoms with Gasteiger partial charge in [0.05, 0.1) is 16.8 Å². The maximum atomic E-state index is 5.62. The van der Waals surface area contributed by atoms with E-state index >= 15 is 0 Å². The minimum absolute atomic E-state index is 0.413. The van der Waals surface area contributed by atoms with Gasteiger partial charge in [-0.15, -0.1) is 0 Å². The van der Waals surface area contributed by atoms with Crippen molar-refractivity contribution >= 4 is 0 Å². The highest BCUT2D eigenvalue weighted by Crippen LogP contribution is 2.63. The third-order valence-electron chi connectivity index (χ3n) is 11.7. The molecule has 2 aliphatic carbocycles. The first-order chi connectivity index (χ1) is 27.3. The lowest BCUT2D eigenvalue weighted by Crippen LogP contribution is -2.25. The summed E-state index contributed by atoms with van der Waals surface area (Å²) in [6, 6.07) is 77.4. The maximum absolute atomic E-state index is 5.62. The molecule has 0 amide bonds. The van der Waals surface area contributed by atoms with Crippen LogP contribution in [0.2, 0.25) is 0 Å². The molecule has 55 heavy (non-hydrogen) atoms. The van der Waals surface area contributed by atoms with Gasteiger partial charge in [-0.1, -0.05) is 182 Å². The number of rotatable bonds is 5. The number of nitrogens with zero attached hydrogens (tertiary/aromatic N) is 1. The van der Waals surface area contributed by atoms with Gasteiger partial charge in [-0.3, -0.25) is 0 Å². The average Bonchev–Trinajstić information content (AvgIpc) is 3.75. The topological polar surface area (TPSA) is 12.9 Å². The quantitative estimate of drug-likeness (QED) is 0.174. The van der Waals surface area contributed by atoms with Gasteiger partial charge in [0.2, 0.25) is 0 Å². The van der Waals surface area contributed by atoms with Crippen molar-refractivity contribution < 1.29 is 0 Å². The minimum atomic E-state index is -0.413. The molecule has 1 heterocycles. The molecule has 0 N–H and O–H groups in total. The van der Waals surface area contributed by atoms with Gasteiger partial charge in [-0.2, -0.15) is 0 Å². The largest absolute Gasteiger partial charge is 0.248 e. The SMILES string of the molecule is c1ccc(-c2cc(-c3ccccc3)cc(-c3cc(-c4ccccc4)cc(-c4cccc5c4-c4ccccc4C54c5ccccc5-c5ccccc54)n3)c2)cc1. The molecule has 1 aromatic heterocycles. The van der Waals surface area contributed by atoms with Gasteiger partial charge in [0.15, 0.2) is 0 Å². The van der Waals surface area contributed by atoms with Gasteiger partial charge in [-0.25, -0.2) is 4.98 Å². The van der Waals surface area contributed by atoms with E-state index in [1.54, 1.807) is 0 Å². The Hall–Kier alpha value is -7.09. The smallest absolute Gasteiger partial charge is 0.0725 e. The number of hydrogen-bond donors (Lipinski definition) is 0. The Morgan fingerprint density at radius 1 is 0.255 bits per heavy atom. The van der Waals surface area contributed by atoms with Crippen LogP contribution in [0.4, 0.5) is 0 Å². The van der Waals surface area contributed by atoms with Crippen LogP contribution in [0, 0.1) is 0 Å². The zero-order chi connectivity index (χ0) is 36.3. The molecule has 0 atom stereocenters. The standard InChI is InChI=1S/C54H35N/c1-4-17-36(18-5-1)39-31-40(37-19-6-2-7-20-37)33-42(32-39)51-34-41(38-21-8-3-9-22-38)35-52(55-51)46-26-16-30-50-53(46)45-25-12-15-29-49(45)54(50)47-27-13-10-23-43(47)44-24-11-14-28-48(44)54/h1-35H. The fraction of sp³-hybridized carbons (Fsp3) is 0.0185. The fourth-order valence-corrected chi connectivity index (χ4v) is 9.34. The molecule has 0 aliphatic heterocycles. The van der Waals surface area contributed by atoms with Crippen LogP contribution < -0.4 is 0 Å². The lowest BCUT2D eigenvalue weighted by Gasteiger charge is -2.30. The fourth-order valence-electron chi connectivity index (χ4n) is 9.34. The van der Waals surface area contributed by atoms with Gasteiger partial charge in [0, 0.05) is 11.1 Å². The van der Waals surface area contributed by atoms with Gasteiger partial charge in [0.25, 0.3) is 0 Å². The van der Waals surface area contributed by atoms with E-state index in [4.69, 9.17) is 4.98 Å². The lowest BCUT2D eigenvalue weighted by molar-refractivity contribution is 0.794. The van der Waals surface area contributed by atoms with Crippen molar-refractivity contribution in [1.82, 2.24) is 4.98 Å². The summed E-state index contributed by atoms with van der Waals surface area (Å²) in [5.74, 6) is 0. The summed E-state index contributed by atoms with van der Waals surface area (Å²) in [6.45, 7) is 0. The van der Waals surface area contributed by atoms with E-state index in [1.807, 2.05) is 0 Å². The number of pyridine rings is 1. The molecule has 1 heteroatoms. The molecule has 0 radical (unpaired) electrons. The predicted molar refractivity (Wildman–Crippen MR) is 228 cm³/mol. The Labute approximate surface area is 321 Å². The van der Waals surface area contributed by atoms with Crippen LogP contribution in [0.25, 0.3) is 78.1 Å². The highest BCUT2D eigenvalue weighted by atomic mass is 14.7. The van der Waals surface area contributed by atoms with Crippen molar-refractivity contribution in [3.05, 3.63) is 235 Å². The Morgan fingerprint density at radius 3 is 1.18 bits per heavy atom. The van der Waals surface area contributed by atoms with E-state index < -0.39 is 5.41 Å². The van der Waals surface area contributed by atoms with E-state index in [0.717, 1.165) is 33.6 Å². The van der Waals surface area contributed by atoms with Gasteiger partial charge < -0.3 is 0 Å². The Balaban J connectivity index is 1.18. The third kappa shape index (κ3) is 4.83. The van der Waals surface area contributed by atoms with Crippen molar-refractivity contribution in [2.45, 2.75) is 5.41 Å². The number of benzene rings is 8. The second-order valence-electron chi connectivity index (χ2n) is 14.6. The zero-order valence-electron chi connectivity index (χ0n) is 30.2. The van der Waals surface area contributed by atoms with E-state index in [9.17, 15) is 0 Å². The average molecular weight is 698 g/mol. The van der Waals surface area contributed by atoms with Crippen molar-refractivity contribution in [2.24, 2.45) is 0 Å². The highest BCUT2D eigenvalue weighted by Gasteiger charge is 2.52. The normalized spacial score (nSPS) is 12.9. The van der Waals surface area contributed by atoms with Gasteiger partial charge in [-0.05, 0) is 108 Å². The summed E-state index contributed by atoms with van der Waals surface area (Å²) in [5.41, 5.74) is 21.2. The van der Waals surface area contributed by atoms with Crippen molar-refractivity contribution in [3.8, 4) is 78.1 Å². The summed E-state index contributed by atoms with van der Waals surface area (Å²) in [6.07, 6.45) is 0. The molecule has 256 valence electrons. The van der Waals surface area contributed by atoms with Gasteiger partial charge >= 0.3 is 0 Å². The molecular formula is C54H35N. The van der Waals surface area contributed by atoms with E-state index in [2.05, 4.69) is 212 Å². The molecule has 2 aliphatic rings. The summed E-state index contributed by atoms with van der Waals surface area (Å²) < 4.78 is 0. The van der Waals surface area contributed by atoms with Crippen molar-refractivity contribution in [3.63, 3.8) is 0 Å². The molecule has 0 fully saturated rings. The van der Waals surface area contributed by atoms with E-state index in [-0.39, 0.29) is 0 Å². The van der Waals surface area contributed by atoms with Gasteiger partial charge in [0.1, 0.15) is 0 Å². The monoisotopic (exact) mass is 697 g/mol. The molecule has 0 unspecified atom stereocenters. The van der Waals surface area contributed by atoms with Crippen LogP contribution >= 0.6 is 0 Å². The van der Waals surface area contributed by atoms with Crippen LogP contribution in [-0.4, -0.2) is 4.98 Å². The van der Waals surface area contributed by atoms with E-state index in [1.165, 1.54) is 66.8 Å². The maximum Gasteiger partial charge on any atom is 0.0725 e. The second kappa shape index (κ2) is 12.5. The molecule has 9 aromatic rings. The zero-order valence-corrected chi connectivity index (χ0v) is 30.2. The minimum Gasteiger partial charge on any atom is -0.248 e. The van der Waals surface area contributed by atoms with E-state index in [0.29, 0.717) is 0 Å². The molecule has 1 nitrogen and oxygen atoms in total. The van der Waals surface area contributed by atoms with Crippen LogP contribution in [-0.2, 0) is 5.41 Å². The molecule has 11 rings (SSSR count). The summed E-state index contributed by atoms with van der Waals surface area (Å²) >= 11 is 0. The number of fused-ring (bicyclic) bond motifs is 10. The predicted octanol–water partition coefficient (Wildman–Crippen LogP) is 13.8. The second-order valence-corrected chi connectivity index (χ2v) is 14.6. The molecule has 8 aromatic carbocycles. The Kier molecular flexibility index (Phi) is 7.15. The van der Waals surface area contributed by atoms with Crippen LogP contribution in [0.15, 0.2) is 212 Å². The van der Waals surface area contributed by atoms with Crippen LogP contribution in [0.1, 0.15) is 22.3 Å². The van der Waals surface area contributed by atoms with Crippen LogP contribution in [0.3, 0.4) is 0 Å². The van der Waals surface area contributed by atoms with Crippen molar-refractivity contribution in [1.29, 1.82) is 0 Å². The number of aromatic nitrogens is 1. The summed E-state index contributed by atoms with van der Waals surface area (Å²) in [7, 11) is 0. The highest BCUT2D eigenvalue weighted by molar-refractivity contribution is 6.00. The molecular weight excluding hydrogens is 663 g/mol. The first-order valence-electron chi connectivity index (χ1n) is 19.0. The van der Waals surface area contributed by atoms with Crippen LogP contribution in [0.5, 0.6) is 0 Å². The lowest BCUT2D eigenvalue weighted by atomic mass is 9.70.